The minimum Gasteiger partial charge on any atom is -0.330 e. The summed E-state index contributed by atoms with van der Waals surface area (Å²) in [7, 11) is 3.00. The summed E-state index contributed by atoms with van der Waals surface area (Å²) in [5.74, 6) is -0.119. The number of halogens is 2. The molecule has 0 spiro atoms. The van der Waals surface area contributed by atoms with Crippen LogP contribution in [-0.4, -0.2) is 50.1 Å². The van der Waals surface area contributed by atoms with Crippen molar-refractivity contribution < 1.29 is 4.79 Å². The van der Waals surface area contributed by atoms with Gasteiger partial charge in [-0.25, -0.2) is 9.78 Å². The average molecular weight is 416 g/mol. The number of nitrogens with one attached hydrogen (secondary N) is 1. The molecule has 1 N–H and O–H groups in total. The van der Waals surface area contributed by atoms with Crippen molar-refractivity contribution >= 4 is 41.8 Å². The molecule has 2 aliphatic heterocycles. The molecule has 10 heteroatoms. The number of aryl methyl sites for hydroxylation is 1. The lowest BCUT2D eigenvalue weighted by molar-refractivity contribution is 0.0674. The molecule has 2 aromatic rings. The van der Waals surface area contributed by atoms with Crippen molar-refractivity contribution in [1.29, 1.82) is 0 Å². The summed E-state index contributed by atoms with van der Waals surface area (Å²) < 4.78 is 2.36. The quantitative estimate of drug-likeness (QED) is 0.729. The van der Waals surface area contributed by atoms with Crippen LogP contribution in [0, 0.1) is 0 Å². The molecular weight excluding hydrogens is 393 g/mol. The van der Waals surface area contributed by atoms with Crippen LogP contribution in [0.25, 0.3) is 11.0 Å². The Morgan fingerprint density at radius 1 is 1.07 bits per heavy atom. The smallest absolute Gasteiger partial charge is 0.330 e. The molecule has 148 valence electrons. The van der Waals surface area contributed by atoms with E-state index in [-0.39, 0.29) is 54.1 Å². The van der Waals surface area contributed by atoms with E-state index >= 15 is 0 Å². The van der Waals surface area contributed by atoms with Crippen molar-refractivity contribution in [2.45, 2.75) is 31.3 Å². The van der Waals surface area contributed by atoms with E-state index in [9.17, 15) is 14.4 Å². The number of carbonyl (C=O) groups is 1. The Bertz CT molecular complexity index is 973. The van der Waals surface area contributed by atoms with E-state index in [4.69, 9.17) is 0 Å². The number of fused-ring (bicyclic) bond motifs is 3. The summed E-state index contributed by atoms with van der Waals surface area (Å²) in [6.45, 7) is 1.72. The van der Waals surface area contributed by atoms with Crippen LogP contribution in [0.15, 0.2) is 21.7 Å². The molecular formula is C17H23Cl2N5O3. The van der Waals surface area contributed by atoms with Gasteiger partial charge in [-0.15, -0.1) is 24.8 Å². The van der Waals surface area contributed by atoms with Crippen LogP contribution in [0.3, 0.4) is 0 Å². The van der Waals surface area contributed by atoms with Crippen LogP contribution >= 0.6 is 24.8 Å². The van der Waals surface area contributed by atoms with E-state index in [0.29, 0.717) is 5.39 Å². The zero-order valence-electron chi connectivity index (χ0n) is 15.2. The van der Waals surface area contributed by atoms with Gasteiger partial charge in [0.05, 0.1) is 5.39 Å². The zero-order chi connectivity index (χ0) is 17.7. The molecule has 2 fully saturated rings. The van der Waals surface area contributed by atoms with Crippen molar-refractivity contribution in [2.24, 2.45) is 14.1 Å². The molecule has 8 nitrogen and oxygen atoms in total. The summed E-state index contributed by atoms with van der Waals surface area (Å²) >= 11 is 0. The molecule has 2 atom stereocenters. The predicted molar refractivity (Wildman–Crippen MR) is 107 cm³/mol. The van der Waals surface area contributed by atoms with Crippen LogP contribution in [-0.2, 0) is 14.1 Å². The van der Waals surface area contributed by atoms with Crippen molar-refractivity contribution in [3.63, 3.8) is 0 Å². The van der Waals surface area contributed by atoms with E-state index in [1.165, 1.54) is 11.6 Å². The van der Waals surface area contributed by atoms with Gasteiger partial charge >= 0.3 is 5.69 Å². The number of pyridine rings is 1. The molecule has 0 radical (unpaired) electrons. The van der Waals surface area contributed by atoms with Crippen LogP contribution in [0.2, 0.25) is 0 Å². The third kappa shape index (κ3) is 3.37. The van der Waals surface area contributed by atoms with Gasteiger partial charge in [-0.2, -0.15) is 0 Å². The first kappa shape index (κ1) is 21.4. The largest absolute Gasteiger partial charge is 0.332 e. The number of hydrogen-bond donors (Lipinski definition) is 1. The van der Waals surface area contributed by atoms with Crippen molar-refractivity contribution in [3.05, 3.63) is 38.7 Å². The van der Waals surface area contributed by atoms with Gasteiger partial charge in [0.2, 0.25) is 0 Å². The van der Waals surface area contributed by atoms with E-state index in [0.717, 1.165) is 36.9 Å². The standard InChI is InChI=1S/C17H21N5O3.2ClH/c1-20-14-12(15(23)21(2)17(20)25)5-6-13(19-14)16(24)22-10-3-4-11(22)9-18-8-7-10;;/h5-6,10-11,18H,3-4,7-9H2,1-2H3;2*1H. The highest BCUT2D eigenvalue weighted by Crippen LogP contribution is 2.29. The Morgan fingerprint density at radius 2 is 1.78 bits per heavy atom. The summed E-state index contributed by atoms with van der Waals surface area (Å²) in [5, 5.41) is 3.71. The highest BCUT2D eigenvalue weighted by molar-refractivity contribution is 5.95. The molecule has 2 bridgehead atoms. The number of carbonyl (C=O) groups excluding carboxylic acids is 1. The topological polar surface area (TPSA) is 89.2 Å². The fraction of sp³-hybridized carbons (Fsp3) is 0.529. The van der Waals surface area contributed by atoms with Gasteiger partial charge < -0.3 is 10.2 Å². The number of rotatable bonds is 1. The molecule has 4 heterocycles. The second kappa shape index (κ2) is 8.00. The lowest BCUT2D eigenvalue weighted by Gasteiger charge is -2.27. The summed E-state index contributed by atoms with van der Waals surface area (Å²) in [4.78, 5) is 43.8. The van der Waals surface area contributed by atoms with Crippen molar-refractivity contribution in [2.75, 3.05) is 13.1 Å². The maximum absolute atomic E-state index is 13.1. The maximum Gasteiger partial charge on any atom is 0.332 e. The van der Waals surface area contributed by atoms with Gasteiger partial charge in [-0.1, -0.05) is 0 Å². The van der Waals surface area contributed by atoms with E-state index in [1.807, 2.05) is 4.90 Å². The van der Waals surface area contributed by atoms with Gasteiger partial charge in [0.15, 0.2) is 0 Å². The Hall–Kier alpha value is -1.90. The Kier molecular flexibility index (Phi) is 6.34. The molecule has 1 amide bonds. The molecule has 4 rings (SSSR count). The van der Waals surface area contributed by atoms with Gasteiger partial charge in [0.1, 0.15) is 11.3 Å². The molecule has 0 saturated carbocycles. The van der Waals surface area contributed by atoms with Crippen LogP contribution in [0.1, 0.15) is 29.8 Å². The SMILES string of the molecule is Cl.Cl.Cn1c(=O)c2ccc(C(=O)N3C4CCNCC3CC4)nc2n(C)c1=O. The van der Waals surface area contributed by atoms with E-state index < -0.39 is 11.2 Å². The summed E-state index contributed by atoms with van der Waals surface area (Å²) in [5.41, 5.74) is -0.314. The molecule has 0 aliphatic carbocycles. The van der Waals surface area contributed by atoms with Crippen molar-refractivity contribution in [1.82, 2.24) is 24.3 Å². The Labute approximate surface area is 168 Å². The Balaban J connectivity index is 0.00000131. The molecule has 27 heavy (non-hydrogen) atoms. The minimum atomic E-state index is -0.450. The normalized spacial score (nSPS) is 21.3. The third-order valence-electron chi connectivity index (χ3n) is 5.41. The third-order valence-corrected chi connectivity index (χ3v) is 5.41. The Morgan fingerprint density at radius 3 is 2.52 bits per heavy atom. The molecule has 2 aliphatic rings. The van der Waals surface area contributed by atoms with Gasteiger partial charge in [0.25, 0.3) is 11.5 Å². The molecule has 2 unspecified atom stereocenters. The number of aromatic nitrogens is 3. The summed E-state index contributed by atoms with van der Waals surface area (Å²) in [6.07, 6.45) is 2.95. The van der Waals surface area contributed by atoms with Gasteiger partial charge in [-0.05, 0) is 37.9 Å². The maximum atomic E-state index is 13.1. The first-order chi connectivity index (χ1) is 12.0. The van der Waals surface area contributed by atoms with Crippen LogP contribution < -0.4 is 16.6 Å². The predicted octanol–water partition coefficient (Wildman–Crippen LogP) is 0.442. The number of hydrogen-bond acceptors (Lipinski definition) is 5. The van der Waals surface area contributed by atoms with E-state index in [2.05, 4.69) is 10.3 Å². The monoisotopic (exact) mass is 415 g/mol. The average Bonchev–Trinajstić information content (AvgIpc) is 2.89. The van der Waals surface area contributed by atoms with Crippen molar-refractivity contribution in [3.8, 4) is 0 Å². The lowest BCUT2D eigenvalue weighted by atomic mass is 10.1. The molecule has 2 aromatic heterocycles. The summed E-state index contributed by atoms with van der Waals surface area (Å²) in [6, 6.07) is 3.60. The minimum absolute atomic E-state index is 0. The fourth-order valence-electron chi connectivity index (χ4n) is 4.02. The molecule has 2 saturated heterocycles. The number of amides is 1. The second-order valence-corrected chi connectivity index (χ2v) is 6.86. The lowest BCUT2D eigenvalue weighted by Crippen LogP contribution is -2.43. The fourth-order valence-corrected chi connectivity index (χ4v) is 4.02. The first-order valence-corrected chi connectivity index (χ1v) is 8.59. The van der Waals surface area contributed by atoms with Gasteiger partial charge in [-0.3, -0.25) is 18.7 Å². The highest BCUT2D eigenvalue weighted by Gasteiger charge is 2.38. The molecule has 0 aromatic carbocycles. The zero-order valence-corrected chi connectivity index (χ0v) is 16.8. The van der Waals surface area contributed by atoms with Crippen LogP contribution in [0.4, 0.5) is 0 Å². The highest BCUT2D eigenvalue weighted by atomic mass is 35.5. The van der Waals surface area contributed by atoms with Gasteiger partial charge in [0, 0.05) is 32.7 Å². The number of nitrogens with zero attached hydrogens (tertiary/aromatic N) is 4. The second-order valence-electron chi connectivity index (χ2n) is 6.86. The first-order valence-electron chi connectivity index (χ1n) is 8.59. The van der Waals surface area contributed by atoms with Crippen LogP contribution in [0.5, 0.6) is 0 Å². The van der Waals surface area contributed by atoms with E-state index in [1.54, 1.807) is 19.2 Å².